The van der Waals surface area contributed by atoms with Crippen molar-refractivity contribution in [2.45, 2.75) is 51.1 Å². The smallest absolute Gasteiger partial charge is 0.186 e. The molecule has 0 radical (unpaired) electrons. The monoisotopic (exact) mass is 295 g/mol. The van der Waals surface area contributed by atoms with Crippen molar-refractivity contribution in [3.8, 4) is 0 Å². The first-order valence-electron chi connectivity index (χ1n) is 7.71. The van der Waals surface area contributed by atoms with Gasteiger partial charge in [-0.1, -0.05) is 11.3 Å². The fourth-order valence-electron chi connectivity index (χ4n) is 3.06. The van der Waals surface area contributed by atoms with Crippen LogP contribution in [0, 0.1) is 5.92 Å². The van der Waals surface area contributed by atoms with Crippen LogP contribution in [0.4, 0.5) is 5.13 Å². The summed E-state index contributed by atoms with van der Waals surface area (Å²) < 4.78 is 5.28. The van der Waals surface area contributed by atoms with Crippen LogP contribution in [0.25, 0.3) is 0 Å². The Morgan fingerprint density at radius 1 is 1.45 bits per heavy atom. The molecule has 112 valence electrons. The second kappa shape index (κ2) is 6.00. The second-order valence-electron chi connectivity index (χ2n) is 6.07. The van der Waals surface area contributed by atoms with E-state index in [-0.39, 0.29) is 6.04 Å². The molecule has 2 N–H and O–H groups in total. The highest BCUT2D eigenvalue weighted by molar-refractivity contribution is 7.15. The molecule has 2 aliphatic rings. The number of hydrogen-bond donors (Lipinski definition) is 1. The molecule has 0 bridgehead atoms. The lowest BCUT2D eigenvalue weighted by Gasteiger charge is -2.28. The van der Waals surface area contributed by atoms with E-state index in [9.17, 15) is 0 Å². The highest BCUT2D eigenvalue weighted by atomic mass is 32.1. The predicted octanol–water partition coefficient (Wildman–Crippen LogP) is 2.73. The quantitative estimate of drug-likeness (QED) is 0.877. The van der Waals surface area contributed by atoms with E-state index in [1.807, 2.05) is 11.3 Å². The van der Waals surface area contributed by atoms with Gasteiger partial charge in [0.1, 0.15) is 0 Å². The molecule has 0 saturated heterocycles. The van der Waals surface area contributed by atoms with Crippen LogP contribution in [0.3, 0.4) is 0 Å². The zero-order valence-corrected chi connectivity index (χ0v) is 13.3. The number of rotatable bonds is 6. The second-order valence-corrected chi connectivity index (χ2v) is 7.08. The first-order valence-corrected chi connectivity index (χ1v) is 8.53. The molecule has 0 aliphatic heterocycles. The third-order valence-electron chi connectivity index (χ3n) is 4.56. The summed E-state index contributed by atoms with van der Waals surface area (Å²) in [6.45, 7) is 4.01. The van der Waals surface area contributed by atoms with Crippen molar-refractivity contribution in [1.82, 2.24) is 4.98 Å². The van der Waals surface area contributed by atoms with Crippen LogP contribution in [0.1, 0.15) is 49.2 Å². The summed E-state index contributed by atoms with van der Waals surface area (Å²) in [6.07, 6.45) is 6.08. The fourth-order valence-corrected chi connectivity index (χ4v) is 4.32. The number of fused-ring (bicyclic) bond motifs is 1. The van der Waals surface area contributed by atoms with Gasteiger partial charge in [-0.25, -0.2) is 4.98 Å². The number of ether oxygens (including phenoxy) is 1. The molecule has 5 heteroatoms. The lowest BCUT2D eigenvalue weighted by molar-refractivity contribution is 0.202. The summed E-state index contributed by atoms with van der Waals surface area (Å²) >= 11 is 1.81. The van der Waals surface area contributed by atoms with Gasteiger partial charge in [-0.15, -0.1) is 0 Å². The number of nitrogens with two attached hydrogens (primary N) is 1. The third kappa shape index (κ3) is 2.85. The van der Waals surface area contributed by atoms with Gasteiger partial charge < -0.3 is 15.4 Å². The van der Waals surface area contributed by atoms with E-state index in [4.69, 9.17) is 15.5 Å². The number of aromatic nitrogens is 1. The molecule has 0 spiro atoms. The van der Waals surface area contributed by atoms with Crippen molar-refractivity contribution < 1.29 is 4.74 Å². The molecule has 1 aromatic rings. The lowest BCUT2D eigenvalue weighted by Crippen LogP contribution is -2.37. The van der Waals surface area contributed by atoms with Gasteiger partial charge in [-0.2, -0.15) is 0 Å². The molecule has 1 fully saturated rings. The average molecular weight is 295 g/mol. The number of anilines is 1. The SMILES string of the molecule is COCCN(c1nc2c(s1)C(N)CCC2)C(C)C1CC1. The first-order chi connectivity index (χ1) is 9.70. The minimum atomic E-state index is 0.200. The Bertz CT molecular complexity index is 458. The fraction of sp³-hybridized carbons (Fsp3) is 0.800. The molecular formula is C15H25N3OS. The van der Waals surface area contributed by atoms with Gasteiger partial charge >= 0.3 is 0 Å². The van der Waals surface area contributed by atoms with Crippen molar-refractivity contribution in [2.24, 2.45) is 11.7 Å². The van der Waals surface area contributed by atoms with Gasteiger partial charge in [0, 0.05) is 30.6 Å². The Morgan fingerprint density at radius 3 is 2.90 bits per heavy atom. The van der Waals surface area contributed by atoms with Crippen molar-refractivity contribution in [2.75, 3.05) is 25.2 Å². The summed E-state index contributed by atoms with van der Waals surface area (Å²) in [7, 11) is 1.77. The molecule has 1 aromatic heterocycles. The van der Waals surface area contributed by atoms with Crippen LogP contribution in [0.2, 0.25) is 0 Å². The Labute approximate surface area is 125 Å². The van der Waals surface area contributed by atoms with E-state index in [1.54, 1.807) is 7.11 Å². The van der Waals surface area contributed by atoms with Crippen molar-refractivity contribution in [1.29, 1.82) is 0 Å². The minimum absolute atomic E-state index is 0.200. The topological polar surface area (TPSA) is 51.4 Å². The summed E-state index contributed by atoms with van der Waals surface area (Å²) in [5, 5.41) is 1.16. The van der Waals surface area contributed by atoms with Crippen LogP contribution in [0.15, 0.2) is 0 Å². The van der Waals surface area contributed by atoms with Crippen LogP contribution in [0.5, 0.6) is 0 Å². The lowest BCUT2D eigenvalue weighted by atomic mass is 9.99. The van der Waals surface area contributed by atoms with E-state index in [2.05, 4.69) is 11.8 Å². The predicted molar refractivity (Wildman–Crippen MR) is 83.4 cm³/mol. The van der Waals surface area contributed by atoms with Crippen LogP contribution in [-0.4, -0.2) is 31.3 Å². The standard InChI is InChI=1S/C15H25N3OS/c1-10(11-6-7-11)18(8-9-19-2)15-17-13-5-3-4-12(16)14(13)20-15/h10-12H,3-9,16H2,1-2H3. The number of nitrogens with zero attached hydrogens (tertiary/aromatic N) is 2. The number of hydrogen-bond acceptors (Lipinski definition) is 5. The Kier molecular flexibility index (Phi) is 4.29. The van der Waals surface area contributed by atoms with Crippen molar-refractivity contribution >= 4 is 16.5 Å². The van der Waals surface area contributed by atoms with E-state index >= 15 is 0 Å². The average Bonchev–Trinajstić information content (AvgIpc) is 3.20. The maximum Gasteiger partial charge on any atom is 0.186 e. The van der Waals surface area contributed by atoms with Crippen LogP contribution >= 0.6 is 11.3 Å². The molecule has 3 rings (SSSR count). The largest absolute Gasteiger partial charge is 0.383 e. The molecule has 0 amide bonds. The van der Waals surface area contributed by atoms with E-state index in [0.29, 0.717) is 6.04 Å². The Morgan fingerprint density at radius 2 is 2.25 bits per heavy atom. The molecule has 4 nitrogen and oxygen atoms in total. The molecule has 1 heterocycles. The summed E-state index contributed by atoms with van der Waals surface area (Å²) in [5.41, 5.74) is 7.48. The summed E-state index contributed by atoms with van der Waals surface area (Å²) in [4.78, 5) is 8.65. The van der Waals surface area contributed by atoms with Gasteiger partial charge in [0.15, 0.2) is 5.13 Å². The van der Waals surface area contributed by atoms with Crippen LogP contribution in [-0.2, 0) is 11.2 Å². The molecular weight excluding hydrogens is 270 g/mol. The molecule has 0 aromatic carbocycles. The molecule has 2 unspecified atom stereocenters. The van der Waals surface area contributed by atoms with Gasteiger partial charge in [0.05, 0.1) is 12.3 Å². The number of aryl methyl sites for hydroxylation is 1. The summed E-state index contributed by atoms with van der Waals surface area (Å²) in [5.74, 6) is 0.835. The van der Waals surface area contributed by atoms with Crippen LogP contribution < -0.4 is 10.6 Å². The van der Waals surface area contributed by atoms with Gasteiger partial charge in [0.25, 0.3) is 0 Å². The van der Waals surface area contributed by atoms with E-state index < -0.39 is 0 Å². The zero-order chi connectivity index (χ0) is 14.1. The Hall–Kier alpha value is -0.650. The highest BCUT2D eigenvalue weighted by Gasteiger charge is 2.34. The number of thiazole rings is 1. The van der Waals surface area contributed by atoms with Crippen molar-refractivity contribution in [3.05, 3.63) is 10.6 Å². The van der Waals surface area contributed by atoms with Crippen molar-refractivity contribution in [3.63, 3.8) is 0 Å². The first kappa shape index (κ1) is 14.3. The Balaban J connectivity index is 1.82. The zero-order valence-electron chi connectivity index (χ0n) is 12.5. The van der Waals surface area contributed by atoms with E-state index in [1.165, 1.54) is 29.8 Å². The minimum Gasteiger partial charge on any atom is -0.383 e. The van der Waals surface area contributed by atoms with Gasteiger partial charge in [-0.3, -0.25) is 0 Å². The van der Waals surface area contributed by atoms with E-state index in [0.717, 1.165) is 37.0 Å². The molecule has 2 atom stereocenters. The number of methoxy groups -OCH3 is 1. The maximum atomic E-state index is 6.24. The van der Waals surface area contributed by atoms with Gasteiger partial charge in [0.2, 0.25) is 0 Å². The highest BCUT2D eigenvalue weighted by Crippen LogP contribution is 2.41. The molecule has 1 saturated carbocycles. The molecule has 20 heavy (non-hydrogen) atoms. The van der Waals surface area contributed by atoms with Gasteiger partial charge in [-0.05, 0) is 44.9 Å². The molecule has 2 aliphatic carbocycles. The summed E-state index contributed by atoms with van der Waals surface area (Å²) in [6, 6.07) is 0.763. The maximum absolute atomic E-state index is 6.24. The third-order valence-corrected chi connectivity index (χ3v) is 5.83. The normalized spacial score (nSPS) is 23.4.